The monoisotopic (exact) mass is 388 g/mol. The van der Waals surface area contributed by atoms with Crippen molar-refractivity contribution >= 4 is 40.9 Å². The van der Waals surface area contributed by atoms with Crippen molar-refractivity contribution in [2.75, 3.05) is 44.4 Å². The van der Waals surface area contributed by atoms with Gasteiger partial charge in [0.2, 0.25) is 5.91 Å². The Bertz CT molecular complexity index is 568. The van der Waals surface area contributed by atoms with Crippen LogP contribution in [0, 0.1) is 0 Å². The SMILES string of the molecule is O=C(Cc1c(Cl)cccc1Cl)NCC1(N2CCOCC2)CCSC1. The summed E-state index contributed by atoms with van der Waals surface area (Å²) in [5.74, 6) is 2.17. The van der Waals surface area contributed by atoms with Crippen molar-refractivity contribution in [2.24, 2.45) is 0 Å². The van der Waals surface area contributed by atoms with Crippen molar-refractivity contribution in [2.45, 2.75) is 18.4 Å². The molecule has 2 heterocycles. The molecule has 2 aliphatic heterocycles. The highest BCUT2D eigenvalue weighted by Gasteiger charge is 2.40. The number of nitrogens with one attached hydrogen (secondary N) is 1. The van der Waals surface area contributed by atoms with Crippen molar-refractivity contribution < 1.29 is 9.53 Å². The molecule has 4 nitrogen and oxygen atoms in total. The summed E-state index contributed by atoms with van der Waals surface area (Å²) in [6, 6.07) is 5.31. The van der Waals surface area contributed by atoms with Gasteiger partial charge in [-0.05, 0) is 29.9 Å². The van der Waals surface area contributed by atoms with E-state index in [1.165, 1.54) is 0 Å². The van der Waals surface area contributed by atoms with Crippen LogP contribution < -0.4 is 5.32 Å². The minimum atomic E-state index is -0.0328. The molecule has 1 unspecified atom stereocenters. The number of nitrogens with zero attached hydrogens (tertiary/aromatic N) is 1. The van der Waals surface area contributed by atoms with Crippen molar-refractivity contribution in [3.8, 4) is 0 Å². The predicted octanol–water partition coefficient (Wildman–Crippen LogP) is 2.86. The van der Waals surface area contributed by atoms with Crippen molar-refractivity contribution in [1.29, 1.82) is 0 Å². The fourth-order valence-corrected chi connectivity index (χ4v) is 5.33. The molecule has 1 atom stereocenters. The van der Waals surface area contributed by atoms with Gasteiger partial charge in [0.1, 0.15) is 0 Å². The summed E-state index contributed by atoms with van der Waals surface area (Å²) < 4.78 is 5.47. The van der Waals surface area contributed by atoms with Crippen LogP contribution >= 0.6 is 35.0 Å². The molecule has 24 heavy (non-hydrogen) atoms. The van der Waals surface area contributed by atoms with E-state index in [2.05, 4.69) is 10.2 Å². The third-order valence-corrected chi connectivity index (χ3v) is 6.72. The number of carbonyl (C=O) groups is 1. The summed E-state index contributed by atoms with van der Waals surface area (Å²) in [5.41, 5.74) is 0.744. The van der Waals surface area contributed by atoms with Gasteiger partial charge >= 0.3 is 0 Å². The Kier molecular flexibility index (Phi) is 6.33. The van der Waals surface area contributed by atoms with Gasteiger partial charge in [-0.3, -0.25) is 9.69 Å². The Hall–Kier alpha value is -0.460. The number of rotatable bonds is 5. The topological polar surface area (TPSA) is 41.6 Å². The molecule has 132 valence electrons. The van der Waals surface area contributed by atoms with E-state index in [0.29, 0.717) is 22.2 Å². The predicted molar refractivity (Wildman–Crippen MR) is 100 cm³/mol. The number of hydrogen-bond donors (Lipinski definition) is 1. The summed E-state index contributed by atoms with van der Waals surface area (Å²) >= 11 is 14.3. The van der Waals surface area contributed by atoms with Gasteiger partial charge in [0.05, 0.1) is 19.6 Å². The second-order valence-electron chi connectivity index (χ2n) is 6.28. The summed E-state index contributed by atoms with van der Waals surface area (Å²) in [6.45, 7) is 4.09. The average molecular weight is 389 g/mol. The molecule has 1 N–H and O–H groups in total. The number of amides is 1. The van der Waals surface area contributed by atoms with Gasteiger partial charge in [0.25, 0.3) is 0 Å². The van der Waals surface area contributed by atoms with E-state index >= 15 is 0 Å². The number of ether oxygens (including phenoxy) is 1. The number of halogens is 2. The second kappa shape index (κ2) is 8.28. The van der Waals surface area contributed by atoms with E-state index in [9.17, 15) is 4.79 Å². The highest BCUT2D eigenvalue weighted by molar-refractivity contribution is 7.99. The van der Waals surface area contributed by atoms with Crippen molar-refractivity contribution in [3.05, 3.63) is 33.8 Å². The maximum atomic E-state index is 12.4. The normalized spacial score (nSPS) is 24.9. The lowest BCUT2D eigenvalue weighted by molar-refractivity contribution is -0.121. The van der Waals surface area contributed by atoms with Crippen molar-refractivity contribution in [3.63, 3.8) is 0 Å². The molecule has 0 bridgehead atoms. The average Bonchev–Trinajstić information content (AvgIpc) is 3.08. The van der Waals surface area contributed by atoms with Crippen LogP contribution in [0.2, 0.25) is 10.0 Å². The number of carbonyl (C=O) groups excluding carboxylic acids is 1. The minimum Gasteiger partial charge on any atom is -0.379 e. The lowest BCUT2D eigenvalue weighted by atomic mass is 9.95. The molecule has 1 aromatic rings. The zero-order chi connectivity index (χ0) is 17.0. The maximum Gasteiger partial charge on any atom is 0.224 e. The molecular formula is C17H22Cl2N2O2S. The lowest BCUT2D eigenvalue weighted by Gasteiger charge is -2.43. The van der Waals surface area contributed by atoms with Crippen LogP contribution in [0.3, 0.4) is 0 Å². The summed E-state index contributed by atoms with van der Waals surface area (Å²) in [7, 11) is 0. The van der Waals surface area contributed by atoms with Gasteiger partial charge in [-0.1, -0.05) is 29.3 Å². The smallest absolute Gasteiger partial charge is 0.224 e. The van der Waals surface area contributed by atoms with Crippen LogP contribution in [0.1, 0.15) is 12.0 Å². The van der Waals surface area contributed by atoms with Crippen LogP contribution in [0.5, 0.6) is 0 Å². The van der Waals surface area contributed by atoms with Crippen LogP contribution in [0.4, 0.5) is 0 Å². The molecule has 0 aromatic heterocycles. The molecule has 7 heteroatoms. The number of morpholine rings is 1. The van der Waals surface area contributed by atoms with E-state index < -0.39 is 0 Å². The van der Waals surface area contributed by atoms with Gasteiger partial charge in [0.15, 0.2) is 0 Å². The van der Waals surface area contributed by atoms with E-state index in [1.54, 1.807) is 18.2 Å². The fraction of sp³-hybridized carbons (Fsp3) is 0.588. The third kappa shape index (κ3) is 4.20. The van der Waals surface area contributed by atoms with E-state index in [-0.39, 0.29) is 17.9 Å². The Morgan fingerprint density at radius 3 is 2.62 bits per heavy atom. The van der Waals surface area contributed by atoms with Gasteiger partial charge in [-0.25, -0.2) is 0 Å². The van der Waals surface area contributed by atoms with Crippen LogP contribution in [-0.4, -0.2) is 60.7 Å². The first-order valence-corrected chi connectivity index (χ1v) is 10.1. The quantitative estimate of drug-likeness (QED) is 0.841. The third-order valence-electron chi connectivity index (χ3n) is 4.78. The molecular weight excluding hydrogens is 367 g/mol. The lowest BCUT2D eigenvalue weighted by Crippen LogP contribution is -2.59. The summed E-state index contributed by atoms with van der Waals surface area (Å²) in [4.78, 5) is 14.9. The van der Waals surface area contributed by atoms with Crippen LogP contribution in [0.15, 0.2) is 18.2 Å². The van der Waals surface area contributed by atoms with Crippen LogP contribution in [0.25, 0.3) is 0 Å². The van der Waals surface area contributed by atoms with Crippen LogP contribution in [-0.2, 0) is 16.0 Å². The Balaban J connectivity index is 1.61. The first-order valence-electron chi connectivity index (χ1n) is 8.21. The molecule has 2 fully saturated rings. The van der Waals surface area contributed by atoms with Crippen molar-refractivity contribution in [1.82, 2.24) is 10.2 Å². The fourth-order valence-electron chi connectivity index (χ4n) is 3.32. The van der Waals surface area contributed by atoms with Gasteiger partial charge in [-0.15, -0.1) is 0 Å². The first-order chi connectivity index (χ1) is 11.6. The molecule has 3 rings (SSSR count). The second-order valence-corrected chi connectivity index (χ2v) is 8.20. The first kappa shape index (κ1) is 18.3. The standard InChI is InChI=1S/C17H22Cl2N2O2S/c18-14-2-1-3-15(19)13(14)10-16(22)20-11-17(4-9-24-12-17)21-5-7-23-8-6-21/h1-3H,4-12H2,(H,20,22). The number of benzene rings is 1. The minimum absolute atomic E-state index is 0.0328. The maximum absolute atomic E-state index is 12.4. The van der Waals surface area contributed by atoms with E-state index in [0.717, 1.165) is 44.2 Å². The molecule has 0 radical (unpaired) electrons. The van der Waals surface area contributed by atoms with Gasteiger partial charge < -0.3 is 10.1 Å². The molecule has 0 saturated carbocycles. The highest BCUT2D eigenvalue weighted by Crippen LogP contribution is 2.33. The van der Waals surface area contributed by atoms with E-state index in [4.69, 9.17) is 27.9 Å². The molecule has 0 aliphatic carbocycles. The largest absolute Gasteiger partial charge is 0.379 e. The zero-order valence-corrected chi connectivity index (χ0v) is 15.9. The molecule has 0 spiro atoms. The molecule has 1 aromatic carbocycles. The Morgan fingerprint density at radius 1 is 1.29 bits per heavy atom. The van der Waals surface area contributed by atoms with Gasteiger partial charge in [0, 0.05) is 41.0 Å². The molecule has 2 aliphatic rings. The number of thioether (sulfide) groups is 1. The summed E-state index contributed by atoms with van der Waals surface area (Å²) in [5, 5.41) is 4.19. The van der Waals surface area contributed by atoms with E-state index in [1.807, 2.05) is 11.8 Å². The summed E-state index contributed by atoms with van der Waals surface area (Å²) in [6.07, 6.45) is 1.32. The highest BCUT2D eigenvalue weighted by atomic mass is 35.5. The Morgan fingerprint density at radius 2 is 2.00 bits per heavy atom. The van der Waals surface area contributed by atoms with Gasteiger partial charge in [-0.2, -0.15) is 11.8 Å². The molecule has 1 amide bonds. The number of hydrogen-bond acceptors (Lipinski definition) is 4. The molecule has 2 saturated heterocycles. The Labute approximate surface area is 157 Å². The zero-order valence-electron chi connectivity index (χ0n) is 13.5.